The maximum Gasteiger partial charge on any atom is 0.228 e. The van der Waals surface area contributed by atoms with Crippen LogP contribution in [0.15, 0.2) is 41.3 Å². The predicted molar refractivity (Wildman–Crippen MR) is 127 cm³/mol. The number of carbonyl (C=O) groups is 1. The van der Waals surface area contributed by atoms with Gasteiger partial charge in [-0.25, -0.2) is 9.37 Å². The molecule has 7 heteroatoms. The van der Waals surface area contributed by atoms with Gasteiger partial charge in [0.15, 0.2) is 5.13 Å². The highest BCUT2D eigenvalue weighted by molar-refractivity contribution is 7.99. The Morgan fingerprint density at radius 1 is 1.23 bits per heavy atom. The summed E-state index contributed by atoms with van der Waals surface area (Å²) in [6, 6.07) is 10.7. The zero-order chi connectivity index (χ0) is 21.8. The summed E-state index contributed by atoms with van der Waals surface area (Å²) in [4.78, 5) is 20.9. The number of ether oxygens (including phenoxy) is 1. The third kappa shape index (κ3) is 5.45. The van der Waals surface area contributed by atoms with Crippen LogP contribution in [0.3, 0.4) is 0 Å². The zero-order valence-electron chi connectivity index (χ0n) is 17.9. The molecule has 0 N–H and O–H groups in total. The minimum atomic E-state index is -0.231. The summed E-state index contributed by atoms with van der Waals surface area (Å²) in [5.74, 6) is 0.665. The molecule has 1 amide bonds. The average Bonchev–Trinajstić information content (AvgIpc) is 3.44. The summed E-state index contributed by atoms with van der Waals surface area (Å²) in [5.41, 5.74) is 3.30. The summed E-state index contributed by atoms with van der Waals surface area (Å²) >= 11 is 3.24. The van der Waals surface area contributed by atoms with Crippen LogP contribution < -0.4 is 4.90 Å². The molecule has 0 spiro atoms. The number of aromatic nitrogens is 1. The van der Waals surface area contributed by atoms with Gasteiger partial charge in [-0.15, -0.1) is 11.8 Å². The van der Waals surface area contributed by atoms with E-state index in [1.54, 1.807) is 35.2 Å². The van der Waals surface area contributed by atoms with Crippen molar-refractivity contribution in [3.8, 4) is 0 Å². The van der Waals surface area contributed by atoms with Gasteiger partial charge in [0.1, 0.15) is 5.82 Å². The van der Waals surface area contributed by atoms with Gasteiger partial charge < -0.3 is 4.74 Å². The number of nitrogens with zero attached hydrogens (tertiary/aromatic N) is 2. The highest BCUT2D eigenvalue weighted by Crippen LogP contribution is 2.34. The molecule has 1 saturated heterocycles. The number of rotatable bonds is 8. The Hall–Kier alpha value is -1.96. The number of anilines is 1. The van der Waals surface area contributed by atoms with E-state index in [1.165, 1.54) is 17.7 Å². The second-order valence-corrected chi connectivity index (χ2v) is 10.1. The van der Waals surface area contributed by atoms with Crippen molar-refractivity contribution in [2.24, 2.45) is 0 Å². The Balaban J connectivity index is 1.45. The smallest absolute Gasteiger partial charge is 0.228 e. The van der Waals surface area contributed by atoms with Gasteiger partial charge in [-0.3, -0.25) is 9.69 Å². The maximum absolute atomic E-state index is 13.2. The first-order chi connectivity index (χ1) is 15.0. The summed E-state index contributed by atoms with van der Waals surface area (Å²) in [7, 11) is 0. The number of thiazole rings is 1. The lowest BCUT2D eigenvalue weighted by atomic mass is 10.1. The van der Waals surface area contributed by atoms with Gasteiger partial charge in [-0.05, 0) is 74.3 Å². The molecular formula is C24H27FN2O2S2. The number of hydrogen-bond donors (Lipinski definition) is 0. The monoisotopic (exact) mass is 458 g/mol. The molecule has 164 valence electrons. The van der Waals surface area contributed by atoms with E-state index in [0.29, 0.717) is 13.0 Å². The van der Waals surface area contributed by atoms with E-state index >= 15 is 0 Å². The summed E-state index contributed by atoms with van der Waals surface area (Å²) < 4.78 is 20.0. The third-order valence-electron chi connectivity index (χ3n) is 5.49. The molecule has 4 nitrogen and oxygen atoms in total. The summed E-state index contributed by atoms with van der Waals surface area (Å²) in [6.45, 7) is 5.47. The molecule has 2 heterocycles. The van der Waals surface area contributed by atoms with Crippen molar-refractivity contribution in [2.75, 3.05) is 23.8 Å². The molecule has 1 fully saturated rings. The summed E-state index contributed by atoms with van der Waals surface area (Å²) in [6.07, 6.45) is 3.30. The van der Waals surface area contributed by atoms with Crippen LogP contribution in [0, 0.1) is 19.7 Å². The Morgan fingerprint density at radius 2 is 2.00 bits per heavy atom. The lowest BCUT2D eigenvalue weighted by Gasteiger charge is -2.23. The fraction of sp³-hybridized carbons (Fsp3) is 0.417. The molecule has 0 aliphatic carbocycles. The van der Waals surface area contributed by atoms with Crippen molar-refractivity contribution >= 4 is 44.4 Å². The van der Waals surface area contributed by atoms with E-state index in [4.69, 9.17) is 9.72 Å². The molecule has 1 aromatic heterocycles. The largest absolute Gasteiger partial charge is 0.376 e. The van der Waals surface area contributed by atoms with Gasteiger partial charge >= 0.3 is 0 Å². The van der Waals surface area contributed by atoms with Crippen LogP contribution in [0.25, 0.3) is 10.2 Å². The average molecular weight is 459 g/mol. The molecule has 3 aromatic rings. The first-order valence-corrected chi connectivity index (χ1v) is 12.5. The second-order valence-electron chi connectivity index (χ2n) is 7.92. The Labute approximate surface area is 190 Å². The van der Waals surface area contributed by atoms with Gasteiger partial charge in [-0.2, -0.15) is 0 Å². The van der Waals surface area contributed by atoms with E-state index in [0.717, 1.165) is 57.4 Å². The number of halogens is 1. The van der Waals surface area contributed by atoms with Crippen LogP contribution in [-0.2, 0) is 9.53 Å². The minimum Gasteiger partial charge on any atom is -0.376 e. The van der Waals surface area contributed by atoms with Crippen molar-refractivity contribution in [1.82, 2.24) is 4.98 Å². The molecule has 1 aliphatic rings. The fourth-order valence-corrected chi connectivity index (χ4v) is 5.71. The highest BCUT2D eigenvalue weighted by atomic mass is 32.2. The van der Waals surface area contributed by atoms with Crippen LogP contribution in [0.4, 0.5) is 9.52 Å². The van der Waals surface area contributed by atoms with Crippen molar-refractivity contribution in [2.45, 2.75) is 50.5 Å². The van der Waals surface area contributed by atoms with Crippen LogP contribution in [0.2, 0.25) is 0 Å². The minimum absolute atomic E-state index is 0.0757. The number of hydrogen-bond acceptors (Lipinski definition) is 5. The molecule has 2 aromatic carbocycles. The van der Waals surface area contributed by atoms with E-state index < -0.39 is 0 Å². The molecule has 4 rings (SSSR count). The van der Waals surface area contributed by atoms with Crippen LogP contribution in [0.5, 0.6) is 0 Å². The van der Waals surface area contributed by atoms with Crippen molar-refractivity contribution in [3.63, 3.8) is 0 Å². The van der Waals surface area contributed by atoms with Gasteiger partial charge in [0, 0.05) is 17.9 Å². The van der Waals surface area contributed by atoms with Crippen LogP contribution in [-0.4, -0.2) is 35.9 Å². The first-order valence-electron chi connectivity index (χ1n) is 10.7. The zero-order valence-corrected chi connectivity index (χ0v) is 19.5. The maximum atomic E-state index is 13.2. The number of amides is 1. The molecule has 1 aliphatic heterocycles. The fourth-order valence-electron chi connectivity index (χ4n) is 3.72. The lowest BCUT2D eigenvalue weighted by molar-refractivity contribution is -0.119. The highest BCUT2D eigenvalue weighted by Gasteiger charge is 2.26. The van der Waals surface area contributed by atoms with Crippen LogP contribution >= 0.6 is 23.1 Å². The SMILES string of the molecule is Cc1ccc(C)c2sc(N(CC3CCCO3)C(=O)CCCSc3ccc(F)cc3)nc12. The summed E-state index contributed by atoms with van der Waals surface area (Å²) in [5, 5.41) is 0.763. The Kier molecular flexibility index (Phi) is 7.25. The number of aryl methyl sites for hydroxylation is 2. The van der Waals surface area contributed by atoms with E-state index in [9.17, 15) is 9.18 Å². The standard InChI is InChI=1S/C24H27FN2O2S2/c1-16-7-8-17(2)23-22(16)26-24(31-23)27(15-19-5-3-13-29-19)21(28)6-4-14-30-20-11-9-18(25)10-12-20/h7-12,19H,3-6,13-15H2,1-2H3. The van der Waals surface area contributed by atoms with E-state index in [-0.39, 0.29) is 17.8 Å². The van der Waals surface area contributed by atoms with Gasteiger partial charge in [0.2, 0.25) is 5.91 Å². The third-order valence-corrected chi connectivity index (χ3v) is 7.80. The Morgan fingerprint density at radius 3 is 2.71 bits per heavy atom. The van der Waals surface area contributed by atoms with Gasteiger partial charge in [0.05, 0.1) is 22.9 Å². The Bertz CT molecular complexity index is 1010. The molecule has 31 heavy (non-hydrogen) atoms. The molecule has 0 saturated carbocycles. The topological polar surface area (TPSA) is 42.4 Å². The molecule has 1 unspecified atom stereocenters. The van der Waals surface area contributed by atoms with Gasteiger partial charge in [-0.1, -0.05) is 23.5 Å². The van der Waals surface area contributed by atoms with Crippen molar-refractivity contribution in [3.05, 3.63) is 53.3 Å². The normalized spacial score (nSPS) is 16.2. The van der Waals surface area contributed by atoms with E-state index in [2.05, 4.69) is 26.0 Å². The molecule has 0 radical (unpaired) electrons. The molecular weight excluding hydrogens is 431 g/mol. The van der Waals surface area contributed by atoms with Crippen molar-refractivity contribution < 1.29 is 13.9 Å². The lowest BCUT2D eigenvalue weighted by Crippen LogP contribution is -2.37. The quantitative estimate of drug-likeness (QED) is 0.300. The number of fused-ring (bicyclic) bond motifs is 1. The van der Waals surface area contributed by atoms with E-state index in [1.807, 2.05) is 4.90 Å². The second kappa shape index (κ2) is 10.1. The first kappa shape index (κ1) is 22.2. The van der Waals surface area contributed by atoms with Crippen molar-refractivity contribution in [1.29, 1.82) is 0 Å². The van der Waals surface area contributed by atoms with Crippen LogP contribution in [0.1, 0.15) is 36.8 Å². The molecule has 0 bridgehead atoms. The number of carbonyl (C=O) groups excluding carboxylic acids is 1. The number of thioether (sulfide) groups is 1. The molecule has 1 atom stereocenters. The number of benzene rings is 2. The predicted octanol–water partition coefficient (Wildman–Crippen LogP) is 6.14. The van der Waals surface area contributed by atoms with Gasteiger partial charge in [0.25, 0.3) is 0 Å².